The van der Waals surface area contributed by atoms with Crippen molar-refractivity contribution >= 4 is 45.1 Å². The largest absolute Gasteiger partial charge is 0.383 e. The van der Waals surface area contributed by atoms with Crippen molar-refractivity contribution < 1.29 is 4.79 Å². The number of carbonyl (C=O) groups excluding carboxylic acids is 1. The van der Waals surface area contributed by atoms with Gasteiger partial charge in [-0.2, -0.15) is 0 Å². The van der Waals surface area contributed by atoms with E-state index in [0.717, 1.165) is 21.8 Å². The Labute approximate surface area is 133 Å². The number of hydrogen-bond donors (Lipinski definition) is 3. The van der Waals surface area contributed by atoms with Crippen LogP contribution in [0.5, 0.6) is 0 Å². The molecule has 1 aromatic carbocycles. The zero-order valence-electron chi connectivity index (χ0n) is 11.1. The second-order valence-electron chi connectivity index (χ2n) is 4.30. The van der Waals surface area contributed by atoms with Gasteiger partial charge in [0.05, 0.1) is 11.4 Å². The quantitative estimate of drug-likeness (QED) is 0.566. The number of thioether (sulfide) groups is 1. The van der Waals surface area contributed by atoms with Crippen LogP contribution in [0.15, 0.2) is 38.7 Å². The van der Waals surface area contributed by atoms with Crippen LogP contribution in [-0.4, -0.2) is 21.6 Å². The molecule has 21 heavy (non-hydrogen) atoms. The first kappa shape index (κ1) is 15.6. The van der Waals surface area contributed by atoms with E-state index in [1.807, 2.05) is 25.1 Å². The highest BCUT2D eigenvalue weighted by molar-refractivity contribution is 9.10. The first-order chi connectivity index (χ1) is 9.94. The Morgan fingerprint density at radius 2 is 2.24 bits per heavy atom. The van der Waals surface area contributed by atoms with Crippen LogP contribution in [0.2, 0.25) is 0 Å². The number of hydrogen-bond acceptors (Lipinski definition) is 5. The third kappa shape index (κ3) is 4.61. The van der Waals surface area contributed by atoms with Crippen molar-refractivity contribution in [1.29, 1.82) is 0 Å². The second-order valence-corrected chi connectivity index (χ2v) is 6.11. The maximum absolute atomic E-state index is 11.9. The van der Waals surface area contributed by atoms with Gasteiger partial charge in [-0.1, -0.05) is 17.8 Å². The molecule has 1 amide bonds. The SMILES string of the molecule is Cc1ccc(NC(=O)CSc2nc(N)cc(=O)[nH]2)c(Br)c1. The first-order valence-electron chi connectivity index (χ1n) is 5.99. The summed E-state index contributed by atoms with van der Waals surface area (Å²) < 4.78 is 0.816. The molecule has 0 unspecified atom stereocenters. The van der Waals surface area contributed by atoms with E-state index >= 15 is 0 Å². The first-order valence-corrected chi connectivity index (χ1v) is 7.77. The normalized spacial score (nSPS) is 10.4. The molecule has 0 spiro atoms. The maximum Gasteiger partial charge on any atom is 0.253 e. The van der Waals surface area contributed by atoms with Crippen molar-refractivity contribution in [3.63, 3.8) is 0 Å². The van der Waals surface area contributed by atoms with E-state index in [9.17, 15) is 9.59 Å². The number of nitrogens with two attached hydrogens (primary N) is 1. The Balaban J connectivity index is 1.97. The van der Waals surface area contributed by atoms with E-state index in [2.05, 4.69) is 31.2 Å². The van der Waals surface area contributed by atoms with Crippen LogP contribution in [0, 0.1) is 6.92 Å². The monoisotopic (exact) mass is 368 g/mol. The number of anilines is 2. The molecule has 4 N–H and O–H groups in total. The number of halogens is 1. The molecule has 1 heterocycles. The lowest BCUT2D eigenvalue weighted by molar-refractivity contribution is -0.113. The van der Waals surface area contributed by atoms with Crippen LogP contribution in [0.4, 0.5) is 11.5 Å². The van der Waals surface area contributed by atoms with Gasteiger partial charge in [0.15, 0.2) is 5.16 Å². The van der Waals surface area contributed by atoms with E-state index in [4.69, 9.17) is 5.73 Å². The Bertz CT molecular complexity index is 732. The number of rotatable bonds is 4. The van der Waals surface area contributed by atoms with Gasteiger partial charge in [-0.15, -0.1) is 0 Å². The summed E-state index contributed by atoms with van der Waals surface area (Å²) in [4.78, 5) is 29.6. The van der Waals surface area contributed by atoms with Crippen molar-refractivity contribution in [3.05, 3.63) is 44.7 Å². The molecule has 0 aliphatic carbocycles. The third-order valence-corrected chi connectivity index (χ3v) is 4.01. The molecule has 0 fully saturated rings. The molecule has 0 saturated carbocycles. The molecule has 2 aromatic rings. The molecule has 1 aromatic heterocycles. The molecule has 0 aliphatic heterocycles. The summed E-state index contributed by atoms with van der Waals surface area (Å²) in [5, 5.41) is 3.10. The lowest BCUT2D eigenvalue weighted by atomic mass is 10.2. The zero-order valence-corrected chi connectivity index (χ0v) is 13.5. The molecule has 0 bridgehead atoms. The fraction of sp³-hybridized carbons (Fsp3) is 0.154. The Morgan fingerprint density at radius 3 is 2.90 bits per heavy atom. The Kier molecular flexibility index (Phi) is 5.03. The molecule has 0 radical (unpaired) electrons. The molecular formula is C13H13BrN4O2S. The summed E-state index contributed by atoms with van der Waals surface area (Å²) in [5.74, 6) is 0.0461. The average Bonchev–Trinajstić information content (AvgIpc) is 2.39. The van der Waals surface area contributed by atoms with E-state index in [0.29, 0.717) is 10.8 Å². The maximum atomic E-state index is 11.9. The third-order valence-electron chi connectivity index (χ3n) is 2.48. The van der Waals surface area contributed by atoms with Gasteiger partial charge in [-0.25, -0.2) is 4.98 Å². The summed E-state index contributed by atoms with van der Waals surface area (Å²) in [6.45, 7) is 1.97. The molecule has 8 heteroatoms. The summed E-state index contributed by atoms with van der Waals surface area (Å²) in [5.41, 5.74) is 6.92. The Morgan fingerprint density at radius 1 is 1.48 bits per heavy atom. The lowest BCUT2D eigenvalue weighted by Gasteiger charge is -2.07. The molecule has 6 nitrogen and oxygen atoms in total. The predicted molar refractivity (Wildman–Crippen MR) is 87.5 cm³/mol. The molecule has 0 atom stereocenters. The fourth-order valence-electron chi connectivity index (χ4n) is 1.56. The second kappa shape index (κ2) is 6.77. The number of benzene rings is 1. The van der Waals surface area contributed by atoms with Gasteiger partial charge in [0.2, 0.25) is 5.91 Å². The van der Waals surface area contributed by atoms with Crippen molar-refractivity contribution in [2.75, 3.05) is 16.8 Å². The number of nitrogen functional groups attached to an aromatic ring is 1. The number of amides is 1. The van der Waals surface area contributed by atoms with Gasteiger partial charge in [0.1, 0.15) is 5.82 Å². The van der Waals surface area contributed by atoms with Gasteiger partial charge in [0, 0.05) is 10.5 Å². The molecule has 2 rings (SSSR count). The van der Waals surface area contributed by atoms with Crippen LogP contribution in [0.1, 0.15) is 5.56 Å². The smallest absolute Gasteiger partial charge is 0.253 e. The van der Waals surface area contributed by atoms with Crippen LogP contribution < -0.4 is 16.6 Å². The number of nitrogens with one attached hydrogen (secondary N) is 2. The minimum absolute atomic E-state index is 0.118. The number of carbonyl (C=O) groups is 1. The van der Waals surface area contributed by atoms with E-state index < -0.39 is 0 Å². The highest BCUT2D eigenvalue weighted by atomic mass is 79.9. The minimum Gasteiger partial charge on any atom is -0.383 e. The van der Waals surface area contributed by atoms with E-state index in [1.165, 1.54) is 6.07 Å². The summed E-state index contributed by atoms with van der Waals surface area (Å²) in [6.07, 6.45) is 0. The van der Waals surface area contributed by atoms with Gasteiger partial charge < -0.3 is 16.0 Å². The van der Waals surface area contributed by atoms with Crippen molar-refractivity contribution in [2.45, 2.75) is 12.1 Å². The predicted octanol–water partition coefficient (Wildman–Crippen LogP) is 2.15. The molecule has 0 aliphatic rings. The van der Waals surface area contributed by atoms with Crippen molar-refractivity contribution in [3.8, 4) is 0 Å². The summed E-state index contributed by atoms with van der Waals surface area (Å²) >= 11 is 4.50. The highest BCUT2D eigenvalue weighted by Crippen LogP contribution is 2.23. The Hall–Kier alpha value is -1.80. The summed E-state index contributed by atoms with van der Waals surface area (Å²) in [7, 11) is 0. The van der Waals surface area contributed by atoms with Gasteiger partial charge in [-0.05, 0) is 40.5 Å². The van der Waals surface area contributed by atoms with Gasteiger partial charge in [-0.3, -0.25) is 9.59 Å². The standard InChI is InChI=1S/C13H13BrN4O2S/c1-7-2-3-9(8(14)4-7)16-12(20)6-21-13-17-10(15)5-11(19)18-13/h2-5H,6H2,1H3,(H,16,20)(H3,15,17,18,19). The topological polar surface area (TPSA) is 101 Å². The molecular weight excluding hydrogens is 356 g/mol. The van der Waals surface area contributed by atoms with Crippen LogP contribution >= 0.6 is 27.7 Å². The highest BCUT2D eigenvalue weighted by Gasteiger charge is 2.08. The van der Waals surface area contributed by atoms with Crippen molar-refractivity contribution in [1.82, 2.24) is 9.97 Å². The fourth-order valence-corrected chi connectivity index (χ4v) is 2.84. The molecule has 110 valence electrons. The molecule has 0 saturated heterocycles. The number of aromatic amines is 1. The van der Waals surface area contributed by atoms with Gasteiger partial charge >= 0.3 is 0 Å². The number of H-pyrrole nitrogens is 1. The number of aryl methyl sites for hydroxylation is 1. The lowest BCUT2D eigenvalue weighted by Crippen LogP contribution is -2.16. The van der Waals surface area contributed by atoms with E-state index in [-0.39, 0.29) is 23.0 Å². The number of aromatic nitrogens is 2. The van der Waals surface area contributed by atoms with Crippen LogP contribution in [0.3, 0.4) is 0 Å². The zero-order chi connectivity index (χ0) is 15.4. The average molecular weight is 369 g/mol. The number of nitrogens with zero attached hydrogens (tertiary/aromatic N) is 1. The van der Waals surface area contributed by atoms with E-state index in [1.54, 1.807) is 0 Å². The minimum atomic E-state index is -0.341. The summed E-state index contributed by atoms with van der Waals surface area (Å²) in [6, 6.07) is 6.83. The van der Waals surface area contributed by atoms with Gasteiger partial charge in [0.25, 0.3) is 5.56 Å². The van der Waals surface area contributed by atoms with Crippen molar-refractivity contribution in [2.24, 2.45) is 0 Å². The van der Waals surface area contributed by atoms with Crippen LogP contribution in [0.25, 0.3) is 0 Å². The van der Waals surface area contributed by atoms with Crippen LogP contribution in [-0.2, 0) is 4.79 Å².